The Morgan fingerprint density at radius 1 is 0.962 bits per heavy atom. The molecule has 2 N–H and O–H groups in total. The lowest BCUT2D eigenvalue weighted by molar-refractivity contribution is -0.137. The molecule has 1 heterocycles. The lowest BCUT2D eigenvalue weighted by atomic mass is 9.93. The molecule has 0 atom stereocenters. The van der Waals surface area contributed by atoms with Gasteiger partial charge in [0, 0.05) is 11.1 Å². The van der Waals surface area contributed by atoms with Crippen LogP contribution in [0.3, 0.4) is 0 Å². The molecular formula is C20H14F3N3. The highest BCUT2D eigenvalue weighted by Gasteiger charge is 2.34. The molecular weight excluding hydrogens is 339 g/mol. The Labute approximate surface area is 148 Å². The molecule has 3 nitrogen and oxygen atoms in total. The van der Waals surface area contributed by atoms with E-state index in [2.05, 4.69) is 4.98 Å². The molecule has 1 aromatic heterocycles. The molecule has 0 aliphatic rings. The summed E-state index contributed by atoms with van der Waals surface area (Å²) in [4.78, 5) is 4.23. The highest BCUT2D eigenvalue weighted by molar-refractivity contribution is 5.82. The van der Waals surface area contributed by atoms with Crippen molar-refractivity contribution >= 4 is 5.82 Å². The first-order valence-electron chi connectivity index (χ1n) is 7.76. The number of hydrogen-bond donors (Lipinski definition) is 1. The lowest BCUT2D eigenvalue weighted by Gasteiger charge is -2.16. The topological polar surface area (TPSA) is 62.7 Å². The van der Waals surface area contributed by atoms with E-state index in [-0.39, 0.29) is 22.5 Å². The molecule has 6 heteroatoms. The minimum Gasteiger partial charge on any atom is -0.383 e. The number of nitrogen functional groups attached to an aromatic ring is 1. The van der Waals surface area contributed by atoms with Gasteiger partial charge in [-0.05, 0) is 30.2 Å². The van der Waals surface area contributed by atoms with Crippen LogP contribution in [0.4, 0.5) is 19.0 Å². The second kappa shape index (κ2) is 6.52. The molecule has 0 saturated heterocycles. The Bertz CT molecular complexity index is 1020. The molecule has 0 spiro atoms. The van der Waals surface area contributed by atoms with E-state index in [0.29, 0.717) is 5.69 Å². The van der Waals surface area contributed by atoms with Crippen molar-refractivity contribution in [2.45, 2.75) is 13.1 Å². The van der Waals surface area contributed by atoms with Crippen molar-refractivity contribution in [3.8, 4) is 28.5 Å². The van der Waals surface area contributed by atoms with Gasteiger partial charge in [0.15, 0.2) is 0 Å². The summed E-state index contributed by atoms with van der Waals surface area (Å²) in [6.45, 7) is 1.87. The molecule has 0 aliphatic carbocycles. The van der Waals surface area contributed by atoms with E-state index in [1.54, 1.807) is 0 Å². The lowest BCUT2D eigenvalue weighted by Crippen LogP contribution is -2.08. The van der Waals surface area contributed by atoms with Gasteiger partial charge in [-0.2, -0.15) is 18.4 Å². The number of rotatable bonds is 2. The largest absolute Gasteiger partial charge is 0.417 e. The van der Waals surface area contributed by atoms with E-state index in [1.807, 2.05) is 37.3 Å². The van der Waals surface area contributed by atoms with Gasteiger partial charge in [-0.25, -0.2) is 4.98 Å². The highest BCUT2D eigenvalue weighted by Crippen LogP contribution is 2.40. The van der Waals surface area contributed by atoms with Gasteiger partial charge >= 0.3 is 6.18 Å². The molecule has 0 aliphatic heterocycles. The third kappa shape index (κ3) is 3.11. The summed E-state index contributed by atoms with van der Waals surface area (Å²) in [7, 11) is 0. The van der Waals surface area contributed by atoms with Crippen molar-refractivity contribution < 1.29 is 13.2 Å². The van der Waals surface area contributed by atoms with Crippen LogP contribution in [-0.4, -0.2) is 4.98 Å². The molecule has 26 heavy (non-hydrogen) atoms. The van der Waals surface area contributed by atoms with Crippen molar-refractivity contribution in [3.05, 3.63) is 71.3 Å². The normalized spacial score (nSPS) is 11.2. The number of aromatic nitrogens is 1. The Hall–Kier alpha value is -3.33. The molecule has 0 amide bonds. The maximum atomic E-state index is 13.4. The number of benzene rings is 2. The van der Waals surface area contributed by atoms with Gasteiger partial charge in [0.25, 0.3) is 0 Å². The van der Waals surface area contributed by atoms with Gasteiger partial charge < -0.3 is 5.73 Å². The van der Waals surface area contributed by atoms with Crippen LogP contribution in [0.2, 0.25) is 0 Å². The molecule has 2 aromatic carbocycles. The summed E-state index contributed by atoms with van der Waals surface area (Å²) in [6, 6.07) is 15.8. The second-order valence-electron chi connectivity index (χ2n) is 5.79. The standard InChI is InChI=1S/C20H14F3N3/c1-12-6-2-3-7-13(12)18-10-15(16(11-24)19(25)26-18)14-8-4-5-9-17(14)20(21,22)23/h2-10H,1H3,(H2,25,26). The number of aryl methyl sites for hydroxylation is 1. The molecule has 0 fully saturated rings. The monoisotopic (exact) mass is 353 g/mol. The number of anilines is 1. The van der Waals surface area contributed by atoms with Gasteiger partial charge in [-0.15, -0.1) is 0 Å². The first-order chi connectivity index (χ1) is 12.3. The van der Waals surface area contributed by atoms with E-state index in [4.69, 9.17) is 5.73 Å². The van der Waals surface area contributed by atoms with Crippen molar-refractivity contribution in [1.29, 1.82) is 5.26 Å². The fourth-order valence-corrected chi connectivity index (χ4v) is 2.86. The van der Waals surface area contributed by atoms with Crippen molar-refractivity contribution in [1.82, 2.24) is 4.98 Å². The predicted molar refractivity (Wildman–Crippen MR) is 94.0 cm³/mol. The number of halogens is 3. The average molecular weight is 353 g/mol. The van der Waals surface area contributed by atoms with Gasteiger partial charge in [0.05, 0.1) is 11.3 Å². The zero-order valence-corrected chi connectivity index (χ0v) is 13.8. The first-order valence-corrected chi connectivity index (χ1v) is 7.76. The fraction of sp³-hybridized carbons (Fsp3) is 0.100. The molecule has 0 bridgehead atoms. The zero-order valence-electron chi connectivity index (χ0n) is 13.8. The first kappa shape index (κ1) is 17.5. The maximum absolute atomic E-state index is 13.4. The number of nitrogens with two attached hydrogens (primary N) is 1. The Morgan fingerprint density at radius 3 is 2.19 bits per heavy atom. The van der Waals surface area contributed by atoms with Gasteiger partial charge in [-0.1, -0.05) is 42.5 Å². The summed E-state index contributed by atoms with van der Waals surface area (Å²) in [5, 5.41) is 9.42. The summed E-state index contributed by atoms with van der Waals surface area (Å²) in [5.74, 6) is -0.0970. The molecule has 0 unspecified atom stereocenters. The zero-order chi connectivity index (χ0) is 18.9. The third-order valence-corrected chi connectivity index (χ3v) is 4.10. The minimum atomic E-state index is -4.55. The molecule has 3 rings (SSSR count). The molecule has 0 saturated carbocycles. The van der Waals surface area contributed by atoms with E-state index >= 15 is 0 Å². The van der Waals surface area contributed by atoms with Crippen LogP contribution in [0.25, 0.3) is 22.4 Å². The van der Waals surface area contributed by atoms with E-state index < -0.39 is 11.7 Å². The smallest absolute Gasteiger partial charge is 0.383 e. The van der Waals surface area contributed by atoms with Crippen LogP contribution in [-0.2, 0) is 6.18 Å². The van der Waals surface area contributed by atoms with Gasteiger partial charge in [0.1, 0.15) is 17.5 Å². The van der Waals surface area contributed by atoms with Crippen molar-refractivity contribution in [2.24, 2.45) is 0 Å². The summed E-state index contributed by atoms with van der Waals surface area (Å²) in [6.07, 6.45) is -4.55. The van der Waals surface area contributed by atoms with Crippen LogP contribution in [0, 0.1) is 18.3 Å². The highest BCUT2D eigenvalue weighted by atomic mass is 19.4. The number of pyridine rings is 1. The van der Waals surface area contributed by atoms with Crippen molar-refractivity contribution in [2.75, 3.05) is 5.73 Å². The van der Waals surface area contributed by atoms with Gasteiger partial charge in [0.2, 0.25) is 0 Å². The van der Waals surface area contributed by atoms with Crippen LogP contribution in [0.15, 0.2) is 54.6 Å². The Balaban J connectivity index is 2.33. The second-order valence-corrected chi connectivity index (χ2v) is 5.79. The molecule has 3 aromatic rings. The number of alkyl halides is 3. The van der Waals surface area contributed by atoms with Crippen LogP contribution in [0.1, 0.15) is 16.7 Å². The molecule has 130 valence electrons. The SMILES string of the molecule is Cc1ccccc1-c1cc(-c2ccccc2C(F)(F)F)c(C#N)c(N)n1. The Morgan fingerprint density at radius 2 is 1.58 bits per heavy atom. The van der Waals surface area contributed by atoms with E-state index in [9.17, 15) is 18.4 Å². The number of hydrogen-bond acceptors (Lipinski definition) is 3. The average Bonchev–Trinajstić information content (AvgIpc) is 2.60. The third-order valence-electron chi connectivity index (χ3n) is 4.10. The quantitative estimate of drug-likeness (QED) is 0.689. The van der Waals surface area contributed by atoms with Gasteiger partial charge in [-0.3, -0.25) is 0 Å². The summed E-state index contributed by atoms with van der Waals surface area (Å²) < 4.78 is 40.3. The Kier molecular flexibility index (Phi) is 4.39. The maximum Gasteiger partial charge on any atom is 0.417 e. The predicted octanol–water partition coefficient (Wildman–Crippen LogP) is 5.20. The number of nitrogens with zero attached hydrogens (tertiary/aromatic N) is 2. The van der Waals surface area contributed by atoms with E-state index in [0.717, 1.165) is 17.2 Å². The van der Waals surface area contributed by atoms with Crippen molar-refractivity contribution in [3.63, 3.8) is 0 Å². The summed E-state index contributed by atoms with van der Waals surface area (Å²) in [5.41, 5.74) is 7.10. The van der Waals surface area contributed by atoms with Crippen LogP contribution >= 0.6 is 0 Å². The van der Waals surface area contributed by atoms with Crippen LogP contribution < -0.4 is 5.73 Å². The van der Waals surface area contributed by atoms with Crippen LogP contribution in [0.5, 0.6) is 0 Å². The molecule has 0 radical (unpaired) electrons. The number of nitriles is 1. The summed E-state index contributed by atoms with van der Waals surface area (Å²) >= 11 is 0. The fourth-order valence-electron chi connectivity index (χ4n) is 2.86. The minimum absolute atomic E-state index is 0.0703. The van der Waals surface area contributed by atoms with E-state index in [1.165, 1.54) is 24.3 Å².